The highest BCUT2D eigenvalue weighted by atomic mass is 16.5. The van der Waals surface area contributed by atoms with Crippen LogP contribution in [0.15, 0.2) is 0 Å². The summed E-state index contributed by atoms with van der Waals surface area (Å²) in [5.74, 6) is 0.144. The highest BCUT2D eigenvalue weighted by molar-refractivity contribution is 5.83. The molecule has 1 amide bonds. The summed E-state index contributed by atoms with van der Waals surface area (Å²) in [5.41, 5.74) is 5.51. The maximum absolute atomic E-state index is 12.7. The van der Waals surface area contributed by atoms with Crippen LogP contribution >= 0.6 is 0 Å². The van der Waals surface area contributed by atoms with E-state index < -0.39 is 5.41 Å². The molecule has 0 bridgehead atoms. The summed E-state index contributed by atoms with van der Waals surface area (Å²) < 4.78 is 5.40. The number of amides is 1. The lowest BCUT2D eigenvalue weighted by Gasteiger charge is -2.41. The highest BCUT2D eigenvalue weighted by Crippen LogP contribution is 2.31. The topological polar surface area (TPSA) is 58.8 Å². The van der Waals surface area contributed by atoms with Crippen molar-refractivity contribution < 1.29 is 9.53 Å². The molecule has 2 unspecified atom stereocenters. The van der Waals surface area contributed by atoms with Gasteiger partial charge in [0.25, 0.3) is 0 Å². The Labute approximate surface area is 122 Å². The lowest BCUT2D eigenvalue weighted by Crippen LogP contribution is -2.55. The van der Waals surface area contributed by atoms with E-state index in [1.807, 2.05) is 18.9 Å². The fraction of sp³-hybridized carbons (Fsp3) is 0.933. The molecule has 5 heteroatoms. The molecular formula is C15H29N3O2. The number of likely N-dealkylation sites (tertiary alicyclic amines) is 1. The molecule has 116 valence electrons. The maximum Gasteiger partial charge on any atom is 0.232 e. The summed E-state index contributed by atoms with van der Waals surface area (Å²) >= 11 is 0. The Morgan fingerprint density at radius 3 is 2.45 bits per heavy atom. The SMILES string of the molecule is CC(C)N1CCC(N(C)C(=O)C2(C)COCC2N)CC1. The summed E-state index contributed by atoms with van der Waals surface area (Å²) in [7, 11) is 1.92. The van der Waals surface area contributed by atoms with Crippen LogP contribution in [0, 0.1) is 5.41 Å². The van der Waals surface area contributed by atoms with Gasteiger partial charge in [-0.3, -0.25) is 4.79 Å². The number of carbonyl (C=O) groups excluding carboxylic acids is 1. The molecule has 20 heavy (non-hydrogen) atoms. The van der Waals surface area contributed by atoms with Crippen LogP contribution in [0.25, 0.3) is 0 Å². The number of carbonyl (C=O) groups is 1. The Balaban J connectivity index is 1.95. The molecule has 0 aromatic rings. The van der Waals surface area contributed by atoms with Crippen molar-refractivity contribution in [2.45, 2.75) is 51.7 Å². The average molecular weight is 283 g/mol. The number of piperidine rings is 1. The number of nitrogens with two attached hydrogens (primary N) is 1. The lowest BCUT2D eigenvalue weighted by molar-refractivity contribution is -0.143. The predicted octanol–water partition coefficient (Wildman–Crippen LogP) is 0.681. The van der Waals surface area contributed by atoms with Gasteiger partial charge in [0, 0.05) is 38.3 Å². The molecule has 0 radical (unpaired) electrons. The van der Waals surface area contributed by atoms with E-state index in [0.717, 1.165) is 25.9 Å². The van der Waals surface area contributed by atoms with Crippen molar-refractivity contribution in [3.05, 3.63) is 0 Å². The van der Waals surface area contributed by atoms with Crippen molar-refractivity contribution >= 4 is 5.91 Å². The zero-order chi connectivity index (χ0) is 14.9. The first-order valence-corrected chi connectivity index (χ1v) is 7.71. The molecule has 2 saturated heterocycles. The fourth-order valence-corrected chi connectivity index (χ4v) is 3.27. The highest BCUT2D eigenvalue weighted by Gasteiger charge is 2.46. The molecule has 5 nitrogen and oxygen atoms in total. The van der Waals surface area contributed by atoms with Crippen LogP contribution in [0.1, 0.15) is 33.6 Å². The van der Waals surface area contributed by atoms with Gasteiger partial charge < -0.3 is 20.3 Å². The second-order valence-corrected chi connectivity index (χ2v) is 6.82. The minimum absolute atomic E-state index is 0.144. The van der Waals surface area contributed by atoms with Crippen LogP contribution in [-0.4, -0.2) is 67.2 Å². The quantitative estimate of drug-likeness (QED) is 0.827. The average Bonchev–Trinajstić information content (AvgIpc) is 2.78. The molecule has 2 aliphatic rings. The molecule has 2 heterocycles. The first-order valence-electron chi connectivity index (χ1n) is 7.71. The third-order valence-electron chi connectivity index (χ3n) is 5.10. The Hall–Kier alpha value is -0.650. The molecule has 2 N–H and O–H groups in total. The first-order chi connectivity index (χ1) is 9.36. The monoisotopic (exact) mass is 283 g/mol. The van der Waals surface area contributed by atoms with Crippen molar-refractivity contribution in [3.63, 3.8) is 0 Å². The van der Waals surface area contributed by atoms with Crippen molar-refractivity contribution in [2.75, 3.05) is 33.4 Å². The molecule has 2 fully saturated rings. The van der Waals surface area contributed by atoms with E-state index in [4.69, 9.17) is 10.5 Å². The van der Waals surface area contributed by atoms with Gasteiger partial charge in [0.15, 0.2) is 0 Å². The maximum atomic E-state index is 12.7. The number of hydrogen-bond acceptors (Lipinski definition) is 4. The van der Waals surface area contributed by atoms with Crippen LogP contribution in [0.3, 0.4) is 0 Å². The van der Waals surface area contributed by atoms with Crippen LogP contribution in [0.4, 0.5) is 0 Å². The second-order valence-electron chi connectivity index (χ2n) is 6.82. The summed E-state index contributed by atoms with van der Waals surface area (Å²) in [6.07, 6.45) is 2.10. The van der Waals surface area contributed by atoms with Gasteiger partial charge in [-0.15, -0.1) is 0 Å². The summed E-state index contributed by atoms with van der Waals surface area (Å²) in [6.45, 7) is 9.46. The van der Waals surface area contributed by atoms with E-state index in [9.17, 15) is 4.79 Å². The third-order valence-corrected chi connectivity index (χ3v) is 5.10. The molecule has 0 aromatic heterocycles. The van der Waals surface area contributed by atoms with E-state index in [1.165, 1.54) is 0 Å². The molecule has 0 aromatic carbocycles. The molecule has 0 aliphatic carbocycles. The third kappa shape index (κ3) is 2.85. The van der Waals surface area contributed by atoms with Gasteiger partial charge in [-0.25, -0.2) is 0 Å². The van der Waals surface area contributed by atoms with Crippen molar-refractivity contribution in [3.8, 4) is 0 Å². The smallest absolute Gasteiger partial charge is 0.232 e. The molecule has 2 atom stereocenters. The Bertz CT molecular complexity index is 353. The number of rotatable bonds is 3. The van der Waals surface area contributed by atoms with Gasteiger partial charge in [0.05, 0.1) is 18.6 Å². The molecule has 0 saturated carbocycles. The Morgan fingerprint density at radius 2 is 2.00 bits per heavy atom. The van der Waals surface area contributed by atoms with Gasteiger partial charge in [0.2, 0.25) is 5.91 Å². The largest absolute Gasteiger partial charge is 0.379 e. The van der Waals surface area contributed by atoms with Crippen molar-refractivity contribution in [1.29, 1.82) is 0 Å². The van der Waals surface area contributed by atoms with E-state index in [2.05, 4.69) is 18.7 Å². The minimum Gasteiger partial charge on any atom is -0.379 e. The lowest BCUT2D eigenvalue weighted by atomic mass is 9.83. The predicted molar refractivity (Wildman–Crippen MR) is 79.4 cm³/mol. The zero-order valence-corrected chi connectivity index (χ0v) is 13.3. The van der Waals surface area contributed by atoms with Crippen molar-refractivity contribution in [2.24, 2.45) is 11.1 Å². The Morgan fingerprint density at radius 1 is 1.40 bits per heavy atom. The van der Waals surface area contributed by atoms with Crippen LogP contribution in [0.2, 0.25) is 0 Å². The standard InChI is InChI=1S/C15H29N3O2/c1-11(2)18-7-5-12(6-8-18)17(4)14(19)15(3)10-20-9-13(15)16/h11-13H,5-10,16H2,1-4H3. The number of hydrogen-bond donors (Lipinski definition) is 1. The minimum atomic E-state index is -0.552. The molecule has 0 spiro atoms. The van der Waals surface area contributed by atoms with E-state index >= 15 is 0 Å². The zero-order valence-electron chi connectivity index (χ0n) is 13.3. The normalized spacial score (nSPS) is 32.8. The van der Waals surface area contributed by atoms with E-state index in [-0.39, 0.29) is 11.9 Å². The summed E-state index contributed by atoms with van der Waals surface area (Å²) in [4.78, 5) is 17.1. The first kappa shape index (κ1) is 15.7. The van der Waals surface area contributed by atoms with Gasteiger partial charge in [-0.2, -0.15) is 0 Å². The summed E-state index contributed by atoms with van der Waals surface area (Å²) in [6, 6.07) is 0.737. The van der Waals surface area contributed by atoms with Crippen molar-refractivity contribution in [1.82, 2.24) is 9.80 Å². The molecule has 2 aliphatic heterocycles. The molecule has 2 rings (SSSR count). The molecular weight excluding hydrogens is 254 g/mol. The van der Waals surface area contributed by atoms with Crippen LogP contribution in [-0.2, 0) is 9.53 Å². The Kier molecular flexibility index (Phi) is 4.72. The van der Waals surface area contributed by atoms with Gasteiger partial charge in [-0.1, -0.05) is 0 Å². The van der Waals surface area contributed by atoms with Crippen LogP contribution < -0.4 is 5.73 Å². The second kappa shape index (κ2) is 6.00. The number of ether oxygens (including phenoxy) is 1. The van der Waals surface area contributed by atoms with Crippen LogP contribution in [0.5, 0.6) is 0 Å². The van der Waals surface area contributed by atoms with Gasteiger partial charge >= 0.3 is 0 Å². The van der Waals surface area contributed by atoms with E-state index in [1.54, 1.807) is 0 Å². The van der Waals surface area contributed by atoms with Gasteiger partial charge in [0.1, 0.15) is 0 Å². The number of nitrogens with zero attached hydrogens (tertiary/aromatic N) is 2. The van der Waals surface area contributed by atoms with E-state index in [0.29, 0.717) is 25.3 Å². The summed E-state index contributed by atoms with van der Waals surface area (Å²) in [5, 5.41) is 0. The fourth-order valence-electron chi connectivity index (χ4n) is 3.27. The van der Waals surface area contributed by atoms with Gasteiger partial charge in [-0.05, 0) is 33.6 Å².